The molecule has 0 heterocycles. The molecule has 5 nitrogen and oxygen atoms in total. The van der Waals surface area contributed by atoms with E-state index in [9.17, 15) is 13.2 Å². The Morgan fingerprint density at radius 2 is 1.71 bits per heavy atom. The normalized spacial score (nSPS) is 11.4. The summed E-state index contributed by atoms with van der Waals surface area (Å²) in [5.41, 5.74) is 1.68. The van der Waals surface area contributed by atoms with E-state index in [1.54, 1.807) is 43.3 Å². The van der Waals surface area contributed by atoms with E-state index < -0.39 is 10.0 Å². The maximum absolute atomic E-state index is 12.5. The van der Waals surface area contributed by atoms with Crippen molar-refractivity contribution in [2.45, 2.75) is 38.7 Å². The van der Waals surface area contributed by atoms with Crippen molar-refractivity contribution in [3.05, 3.63) is 53.6 Å². The van der Waals surface area contributed by atoms with Crippen LogP contribution in [0.15, 0.2) is 47.4 Å². The summed E-state index contributed by atoms with van der Waals surface area (Å²) in [5, 5.41) is 0. The van der Waals surface area contributed by atoms with Gasteiger partial charge in [-0.2, -0.15) is 0 Å². The van der Waals surface area contributed by atoms with Gasteiger partial charge in [0.05, 0.1) is 11.0 Å². The van der Waals surface area contributed by atoms with Crippen LogP contribution in [0.25, 0.3) is 0 Å². The van der Waals surface area contributed by atoms with Gasteiger partial charge < -0.3 is 4.74 Å². The molecule has 0 bridgehead atoms. The SMILES string of the molecule is CC(=O)c1ccc(NS(=O)(=O)c2ccc(OC(C)C)c(C)c2)cc1. The maximum Gasteiger partial charge on any atom is 0.261 e. The number of carbonyl (C=O) groups excluding carboxylic acids is 1. The topological polar surface area (TPSA) is 72.5 Å². The van der Waals surface area contributed by atoms with Gasteiger partial charge in [-0.15, -0.1) is 0 Å². The Labute approximate surface area is 142 Å². The Hall–Kier alpha value is -2.34. The largest absolute Gasteiger partial charge is 0.491 e. The van der Waals surface area contributed by atoms with E-state index in [-0.39, 0.29) is 16.8 Å². The third kappa shape index (κ3) is 4.35. The molecule has 0 amide bonds. The minimum absolute atomic E-state index is 0.0177. The number of hydrogen-bond acceptors (Lipinski definition) is 4. The van der Waals surface area contributed by atoms with Crippen molar-refractivity contribution in [1.29, 1.82) is 0 Å². The van der Waals surface area contributed by atoms with E-state index in [1.165, 1.54) is 13.0 Å². The first kappa shape index (κ1) is 18.0. The lowest BCUT2D eigenvalue weighted by molar-refractivity contribution is 0.101. The molecule has 0 atom stereocenters. The van der Waals surface area contributed by atoms with Gasteiger partial charge in [0.25, 0.3) is 10.0 Å². The molecule has 0 spiro atoms. The highest BCUT2D eigenvalue weighted by Gasteiger charge is 2.16. The van der Waals surface area contributed by atoms with Gasteiger partial charge in [-0.05, 0) is 75.7 Å². The number of Topliss-reactive ketones (excluding diaryl/α,β-unsaturated/α-hetero) is 1. The van der Waals surface area contributed by atoms with Gasteiger partial charge >= 0.3 is 0 Å². The van der Waals surface area contributed by atoms with Crippen LogP contribution in [0.5, 0.6) is 5.75 Å². The molecule has 6 heteroatoms. The number of benzene rings is 2. The van der Waals surface area contributed by atoms with Gasteiger partial charge in [0.15, 0.2) is 5.78 Å². The van der Waals surface area contributed by atoms with Crippen LogP contribution >= 0.6 is 0 Å². The standard InChI is InChI=1S/C18H21NO4S/c1-12(2)23-18-10-9-17(11-13(18)3)24(21,22)19-16-7-5-15(6-8-16)14(4)20/h5-12,19H,1-4H3. The molecule has 1 N–H and O–H groups in total. The molecule has 2 rings (SSSR count). The lowest BCUT2D eigenvalue weighted by Crippen LogP contribution is -2.14. The molecular weight excluding hydrogens is 326 g/mol. The summed E-state index contributed by atoms with van der Waals surface area (Å²) in [5.74, 6) is 0.593. The predicted octanol–water partition coefficient (Wildman–Crippen LogP) is 3.79. The van der Waals surface area contributed by atoms with E-state index >= 15 is 0 Å². The van der Waals surface area contributed by atoms with E-state index in [4.69, 9.17) is 4.74 Å². The lowest BCUT2D eigenvalue weighted by Gasteiger charge is -2.14. The average molecular weight is 347 g/mol. The van der Waals surface area contributed by atoms with E-state index in [1.807, 2.05) is 13.8 Å². The predicted molar refractivity (Wildman–Crippen MR) is 94.2 cm³/mol. The smallest absolute Gasteiger partial charge is 0.261 e. The third-order valence-corrected chi connectivity index (χ3v) is 4.74. The molecule has 24 heavy (non-hydrogen) atoms. The van der Waals surface area contributed by atoms with E-state index in [0.29, 0.717) is 17.0 Å². The zero-order chi connectivity index (χ0) is 17.9. The molecule has 0 aromatic heterocycles. The van der Waals surface area contributed by atoms with Crippen LogP contribution in [0.1, 0.15) is 36.7 Å². The van der Waals surface area contributed by atoms with Gasteiger partial charge in [-0.3, -0.25) is 9.52 Å². The lowest BCUT2D eigenvalue weighted by atomic mass is 10.1. The molecule has 128 valence electrons. The quantitative estimate of drug-likeness (QED) is 0.807. The number of aryl methyl sites for hydroxylation is 1. The summed E-state index contributed by atoms with van der Waals surface area (Å²) >= 11 is 0. The number of sulfonamides is 1. The maximum atomic E-state index is 12.5. The second-order valence-corrected chi connectivity index (χ2v) is 7.52. The zero-order valence-corrected chi connectivity index (χ0v) is 15.0. The van der Waals surface area contributed by atoms with Gasteiger partial charge in [0.1, 0.15) is 5.75 Å². The molecular formula is C18H21NO4S. The molecule has 0 unspecified atom stereocenters. The van der Waals surface area contributed by atoms with Crippen LogP contribution in [0.3, 0.4) is 0 Å². The Kier molecular flexibility index (Phi) is 5.29. The summed E-state index contributed by atoms with van der Waals surface area (Å²) in [6.45, 7) is 7.09. The fraction of sp³-hybridized carbons (Fsp3) is 0.278. The van der Waals surface area contributed by atoms with Crippen LogP contribution in [0.2, 0.25) is 0 Å². The molecule has 0 aliphatic heterocycles. The number of ketones is 1. The molecule has 0 radical (unpaired) electrons. The monoisotopic (exact) mass is 347 g/mol. The van der Waals surface area contributed by atoms with Gasteiger partial charge in [-0.1, -0.05) is 0 Å². The first-order valence-electron chi connectivity index (χ1n) is 7.60. The minimum Gasteiger partial charge on any atom is -0.491 e. The van der Waals surface area contributed by atoms with Crippen LogP contribution in [0, 0.1) is 6.92 Å². The van der Waals surface area contributed by atoms with Gasteiger partial charge in [0, 0.05) is 11.3 Å². The van der Waals surface area contributed by atoms with Crippen molar-refractivity contribution in [3.63, 3.8) is 0 Å². The van der Waals surface area contributed by atoms with Crippen LogP contribution in [-0.2, 0) is 10.0 Å². The van der Waals surface area contributed by atoms with Crippen LogP contribution in [-0.4, -0.2) is 20.3 Å². The molecule has 0 aliphatic rings. The highest BCUT2D eigenvalue weighted by Crippen LogP contribution is 2.24. The average Bonchev–Trinajstić information content (AvgIpc) is 2.49. The Morgan fingerprint density at radius 1 is 1.08 bits per heavy atom. The number of rotatable bonds is 6. The summed E-state index contributed by atoms with van der Waals surface area (Å²) in [6.07, 6.45) is 0.0177. The second-order valence-electron chi connectivity index (χ2n) is 5.83. The van der Waals surface area contributed by atoms with Crippen molar-refractivity contribution in [2.75, 3.05) is 4.72 Å². The van der Waals surface area contributed by atoms with Gasteiger partial charge in [-0.25, -0.2) is 8.42 Å². The Balaban J connectivity index is 2.23. The summed E-state index contributed by atoms with van der Waals surface area (Å²) in [4.78, 5) is 11.4. The minimum atomic E-state index is -3.70. The Morgan fingerprint density at radius 3 is 2.21 bits per heavy atom. The Bertz CT molecular complexity index is 840. The molecule has 0 saturated heterocycles. The number of ether oxygens (including phenoxy) is 1. The first-order chi connectivity index (χ1) is 11.2. The molecule has 0 fully saturated rings. The summed E-state index contributed by atoms with van der Waals surface area (Å²) in [7, 11) is -3.70. The third-order valence-electron chi connectivity index (χ3n) is 3.36. The second kappa shape index (κ2) is 7.05. The van der Waals surface area contributed by atoms with Crippen molar-refractivity contribution < 1.29 is 17.9 Å². The van der Waals surface area contributed by atoms with Crippen molar-refractivity contribution in [1.82, 2.24) is 0 Å². The summed E-state index contributed by atoms with van der Waals surface area (Å²) < 4.78 is 33.1. The van der Waals surface area contributed by atoms with Crippen molar-refractivity contribution >= 4 is 21.5 Å². The van der Waals surface area contributed by atoms with Crippen molar-refractivity contribution in [2.24, 2.45) is 0 Å². The van der Waals surface area contributed by atoms with E-state index in [2.05, 4.69) is 4.72 Å². The van der Waals surface area contributed by atoms with Crippen LogP contribution in [0.4, 0.5) is 5.69 Å². The van der Waals surface area contributed by atoms with E-state index in [0.717, 1.165) is 5.56 Å². The number of nitrogens with one attached hydrogen (secondary N) is 1. The molecule has 0 aliphatic carbocycles. The molecule has 2 aromatic carbocycles. The highest BCUT2D eigenvalue weighted by molar-refractivity contribution is 7.92. The fourth-order valence-electron chi connectivity index (χ4n) is 2.16. The number of hydrogen-bond donors (Lipinski definition) is 1. The zero-order valence-electron chi connectivity index (χ0n) is 14.2. The number of anilines is 1. The van der Waals surface area contributed by atoms with Crippen LogP contribution < -0.4 is 9.46 Å². The molecule has 2 aromatic rings. The highest BCUT2D eigenvalue weighted by atomic mass is 32.2. The van der Waals surface area contributed by atoms with Crippen molar-refractivity contribution in [3.8, 4) is 5.75 Å². The number of carbonyl (C=O) groups is 1. The first-order valence-corrected chi connectivity index (χ1v) is 9.08. The molecule has 0 saturated carbocycles. The summed E-state index contributed by atoms with van der Waals surface area (Å²) in [6, 6.07) is 11.1. The van der Waals surface area contributed by atoms with Gasteiger partial charge in [0.2, 0.25) is 0 Å². The fourth-order valence-corrected chi connectivity index (χ4v) is 3.31.